The molecule has 0 bridgehead atoms. The fourth-order valence-corrected chi connectivity index (χ4v) is 3.35. The molecule has 1 aromatic rings. The quantitative estimate of drug-likeness (QED) is 0.471. The van der Waals surface area contributed by atoms with Crippen molar-refractivity contribution in [3.05, 3.63) is 28.7 Å². The highest BCUT2D eigenvalue weighted by atomic mass is 79.9. The maximum atomic E-state index is 12.6. The molecule has 1 aliphatic heterocycles. The number of hydrogen-bond donors (Lipinski definition) is 4. The van der Waals surface area contributed by atoms with E-state index < -0.39 is 17.9 Å². The van der Waals surface area contributed by atoms with Gasteiger partial charge in [0, 0.05) is 10.2 Å². The lowest BCUT2D eigenvalue weighted by Crippen LogP contribution is -2.53. The number of carbonyl (C=O) groups is 2. The molecule has 2 fully saturated rings. The number of amides is 3. The molecule has 124 valence electrons. The Kier molecular flexibility index (Phi) is 4.56. The molecular weight excluding hydrogens is 364 g/mol. The van der Waals surface area contributed by atoms with Gasteiger partial charge in [-0.25, -0.2) is 4.79 Å². The topological polar surface area (TPSA) is 93.7 Å². The number of imide groups is 1. The van der Waals surface area contributed by atoms with Crippen LogP contribution in [0.2, 0.25) is 0 Å². The van der Waals surface area contributed by atoms with Gasteiger partial charge in [-0.2, -0.15) is 10.4 Å². The van der Waals surface area contributed by atoms with Crippen molar-refractivity contribution in [3.8, 4) is 0 Å². The van der Waals surface area contributed by atoms with E-state index in [1.54, 1.807) is 12.1 Å². The van der Waals surface area contributed by atoms with E-state index in [1.807, 2.05) is 12.1 Å². The molecular formula is C15H19BrN4O3. The number of aliphatic hydroxyl groups excluding tert-OH is 1. The van der Waals surface area contributed by atoms with Gasteiger partial charge in [0.1, 0.15) is 5.54 Å². The van der Waals surface area contributed by atoms with Crippen molar-refractivity contribution >= 4 is 33.6 Å². The Balaban J connectivity index is 1.63. The Hall–Kier alpha value is -1.64. The van der Waals surface area contributed by atoms with Gasteiger partial charge >= 0.3 is 6.03 Å². The number of rotatable bonds is 4. The standard InChI is InChI=1S/C15H19BrN4O3/c16-10-4-6-11(7-5-10)17-13(22)19-20-12(21)15(18-14(20)23)8-2-1-3-9-15/h4-7,13,17,19,22H,1-3,8-9H2,(H,18,23). The molecule has 1 saturated heterocycles. The highest BCUT2D eigenvalue weighted by molar-refractivity contribution is 9.10. The van der Waals surface area contributed by atoms with E-state index in [0.717, 1.165) is 28.7 Å². The van der Waals surface area contributed by atoms with Crippen LogP contribution in [0.4, 0.5) is 10.5 Å². The molecule has 1 aromatic carbocycles. The van der Waals surface area contributed by atoms with E-state index in [9.17, 15) is 14.7 Å². The number of nitrogens with one attached hydrogen (secondary N) is 3. The van der Waals surface area contributed by atoms with Crippen LogP contribution in [0.3, 0.4) is 0 Å². The van der Waals surface area contributed by atoms with Crippen LogP contribution in [0.25, 0.3) is 0 Å². The van der Waals surface area contributed by atoms with Gasteiger partial charge in [0.25, 0.3) is 5.91 Å². The van der Waals surface area contributed by atoms with E-state index in [0.29, 0.717) is 18.5 Å². The van der Waals surface area contributed by atoms with Crippen LogP contribution in [-0.4, -0.2) is 33.9 Å². The highest BCUT2D eigenvalue weighted by Gasteiger charge is 2.51. The van der Waals surface area contributed by atoms with Crippen LogP contribution in [0.5, 0.6) is 0 Å². The summed E-state index contributed by atoms with van der Waals surface area (Å²) in [4.78, 5) is 24.6. The first-order valence-corrected chi connectivity index (χ1v) is 8.43. The number of halogens is 1. The van der Waals surface area contributed by atoms with E-state index in [-0.39, 0.29) is 5.91 Å². The molecule has 4 N–H and O–H groups in total. The van der Waals surface area contributed by atoms with Crippen LogP contribution in [0.1, 0.15) is 32.1 Å². The minimum Gasteiger partial charge on any atom is -0.360 e. The van der Waals surface area contributed by atoms with Gasteiger partial charge in [0.15, 0.2) is 6.35 Å². The second kappa shape index (κ2) is 6.46. The van der Waals surface area contributed by atoms with Gasteiger partial charge in [0.05, 0.1) is 0 Å². The van der Waals surface area contributed by atoms with Gasteiger partial charge in [0.2, 0.25) is 0 Å². The van der Waals surface area contributed by atoms with Gasteiger partial charge in [-0.15, -0.1) is 0 Å². The number of nitrogens with zero attached hydrogens (tertiary/aromatic N) is 1. The molecule has 3 rings (SSSR count). The van der Waals surface area contributed by atoms with Crippen molar-refractivity contribution in [1.29, 1.82) is 0 Å². The first-order chi connectivity index (χ1) is 11.0. The third kappa shape index (κ3) is 3.34. The molecule has 2 aliphatic rings. The number of carbonyl (C=O) groups excluding carboxylic acids is 2. The van der Waals surface area contributed by atoms with Crippen LogP contribution in [0.15, 0.2) is 28.7 Å². The van der Waals surface area contributed by atoms with E-state index >= 15 is 0 Å². The van der Waals surface area contributed by atoms with E-state index in [2.05, 4.69) is 32.0 Å². The number of aliphatic hydroxyl groups is 1. The normalized spacial score (nSPS) is 21.4. The molecule has 1 saturated carbocycles. The Bertz CT molecular complexity index is 601. The molecule has 1 heterocycles. The third-order valence-electron chi connectivity index (χ3n) is 4.27. The molecule has 1 atom stereocenters. The maximum absolute atomic E-state index is 12.6. The Morgan fingerprint density at radius 1 is 1.17 bits per heavy atom. The summed E-state index contributed by atoms with van der Waals surface area (Å²) in [6.45, 7) is 0. The molecule has 0 radical (unpaired) electrons. The van der Waals surface area contributed by atoms with Crippen LogP contribution >= 0.6 is 15.9 Å². The summed E-state index contributed by atoms with van der Waals surface area (Å²) >= 11 is 3.33. The van der Waals surface area contributed by atoms with Crippen molar-refractivity contribution in [2.45, 2.75) is 44.0 Å². The lowest BCUT2D eigenvalue weighted by Gasteiger charge is -2.30. The van der Waals surface area contributed by atoms with Gasteiger partial charge in [-0.3, -0.25) is 4.79 Å². The Labute approximate surface area is 142 Å². The zero-order chi connectivity index (χ0) is 16.4. The third-order valence-corrected chi connectivity index (χ3v) is 4.80. The first-order valence-electron chi connectivity index (χ1n) is 7.63. The van der Waals surface area contributed by atoms with Crippen molar-refractivity contribution in [1.82, 2.24) is 15.8 Å². The lowest BCUT2D eigenvalue weighted by atomic mass is 9.82. The number of urea groups is 1. The Morgan fingerprint density at radius 3 is 2.48 bits per heavy atom. The number of hydrogen-bond acceptors (Lipinski definition) is 5. The van der Waals surface area contributed by atoms with Crippen molar-refractivity contribution in [2.75, 3.05) is 5.32 Å². The predicted octanol–water partition coefficient (Wildman–Crippen LogP) is 1.90. The molecule has 8 heteroatoms. The number of anilines is 1. The molecule has 7 nitrogen and oxygen atoms in total. The summed E-state index contributed by atoms with van der Waals surface area (Å²) in [6.07, 6.45) is 2.94. The summed E-state index contributed by atoms with van der Waals surface area (Å²) in [7, 11) is 0. The molecule has 1 spiro atoms. The predicted molar refractivity (Wildman–Crippen MR) is 88.1 cm³/mol. The molecule has 0 aromatic heterocycles. The van der Waals surface area contributed by atoms with Crippen molar-refractivity contribution in [3.63, 3.8) is 0 Å². The summed E-state index contributed by atoms with van der Waals surface area (Å²) < 4.78 is 0.916. The molecule has 3 amide bonds. The number of benzene rings is 1. The lowest BCUT2D eigenvalue weighted by molar-refractivity contribution is -0.136. The average molecular weight is 383 g/mol. The summed E-state index contributed by atoms with van der Waals surface area (Å²) in [5, 5.41) is 16.5. The molecule has 1 unspecified atom stereocenters. The van der Waals surface area contributed by atoms with E-state index in [1.165, 1.54) is 0 Å². The number of hydrazine groups is 1. The average Bonchev–Trinajstić information content (AvgIpc) is 2.75. The molecule has 23 heavy (non-hydrogen) atoms. The minimum atomic E-state index is -1.26. The van der Waals surface area contributed by atoms with Crippen LogP contribution in [0, 0.1) is 0 Å². The zero-order valence-electron chi connectivity index (χ0n) is 12.5. The second-order valence-corrected chi connectivity index (χ2v) is 6.81. The summed E-state index contributed by atoms with van der Waals surface area (Å²) in [5.41, 5.74) is 2.37. The van der Waals surface area contributed by atoms with Crippen molar-refractivity contribution < 1.29 is 14.7 Å². The van der Waals surface area contributed by atoms with Crippen molar-refractivity contribution in [2.24, 2.45) is 0 Å². The fourth-order valence-electron chi connectivity index (χ4n) is 3.09. The molecule has 1 aliphatic carbocycles. The maximum Gasteiger partial charge on any atom is 0.339 e. The SMILES string of the molecule is O=C1NC2(CCCCC2)C(=O)N1NC(O)Nc1ccc(Br)cc1. The smallest absolute Gasteiger partial charge is 0.339 e. The fraction of sp³-hybridized carbons (Fsp3) is 0.467. The largest absolute Gasteiger partial charge is 0.360 e. The second-order valence-electron chi connectivity index (χ2n) is 5.90. The van der Waals surface area contributed by atoms with Crippen LogP contribution < -0.4 is 16.1 Å². The van der Waals surface area contributed by atoms with Gasteiger partial charge in [-0.05, 0) is 37.1 Å². The summed E-state index contributed by atoms with van der Waals surface area (Å²) in [6, 6.07) is 6.65. The monoisotopic (exact) mass is 382 g/mol. The first kappa shape index (κ1) is 16.2. The highest BCUT2D eigenvalue weighted by Crippen LogP contribution is 2.33. The van der Waals surface area contributed by atoms with Gasteiger partial charge < -0.3 is 15.7 Å². The Morgan fingerprint density at radius 2 is 1.83 bits per heavy atom. The summed E-state index contributed by atoms with van der Waals surface area (Å²) in [5.74, 6) is -0.321. The minimum absolute atomic E-state index is 0.321. The van der Waals surface area contributed by atoms with Crippen LogP contribution in [-0.2, 0) is 4.79 Å². The zero-order valence-corrected chi connectivity index (χ0v) is 14.1. The van der Waals surface area contributed by atoms with E-state index in [4.69, 9.17) is 0 Å². The van der Waals surface area contributed by atoms with Gasteiger partial charge in [-0.1, -0.05) is 35.2 Å².